The lowest BCUT2D eigenvalue weighted by atomic mass is 10.1. The molecule has 0 spiro atoms. The van der Waals surface area contributed by atoms with Crippen LogP contribution in [0.3, 0.4) is 0 Å². The normalized spacial score (nSPS) is 11.9. The van der Waals surface area contributed by atoms with Crippen LogP contribution < -0.4 is 11.1 Å². The summed E-state index contributed by atoms with van der Waals surface area (Å²) in [6.07, 6.45) is 0. The van der Waals surface area contributed by atoms with Crippen LogP contribution in [0.4, 0.5) is 5.69 Å². The lowest BCUT2D eigenvalue weighted by molar-refractivity contribution is -0.117. The van der Waals surface area contributed by atoms with Gasteiger partial charge in [-0.05, 0) is 30.2 Å². The Balaban J connectivity index is 2.15. The van der Waals surface area contributed by atoms with Gasteiger partial charge in [0.1, 0.15) is 6.04 Å². The first-order valence-corrected chi connectivity index (χ1v) is 6.34. The summed E-state index contributed by atoms with van der Waals surface area (Å²) in [7, 11) is 0. The van der Waals surface area contributed by atoms with Crippen molar-refractivity contribution in [3.05, 3.63) is 64.7 Å². The average Bonchev–Trinajstić information content (AvgIpc) is 2.44. The van der Waals surface area contributed by atoms with Crippen LogP contribution in [0, 0.1) is 6.92 Å². The molecular formula is C15H15ClN2O. The van der Waals surface area contributed by atoms with E-state index < -0.39 is 6.04 Å². The predicted molar refractivity (Wildman–Crippen MR) is 78.2 cm³/mol. The molecule has 1 amide bonds. The number of carbonyl (C=O) groups excluding carboxylic acids is 1. The zero-order chi connectivity index (χ0) is 13.8. The van der Waals surface area contributed by atoms with Gasteiger partial charge in [-0.1, -0.05) is 48.0 Å². The maximum absolute atomic E-state index is 12.1. The van der Waals surface area contributed by atoms with E-state index in [0.29, 0.717) is 10.7 Å². The van der Waals surface area contributed by atoms with Crippen molar-refractivity contribution in [3.8, 4) is 0 Å². The Morgan fingerprint density at radius 2 is 1.84 bits per heavy atom. The third-order valence-corrected chi connectivity index (χ3v) is 3.38. The maximum atomic E-state index is 12.1. The van der Waals surface area contributed by atoms with Crippen LogP contribution >= 0.6 is 11.6 Å². The van der Waals surface area contributed by atoms with Gasteiger partial charge >= 0.3 is 0 Å². The van der Waals surface area contributed by atoms with Crippen molar-refractivity contribution < 1.29 is 4.79 Å². The Morgan fingerprint density at radius 1 is 1.16 bits per heavy atom. The molecular weight excluding hydrogens is 260 g/mol. The highest BCUT2D eigenvalue weighted by Gasteiger charge is 2.16. The van der Waals surface area contributed by atoms with Gasteiger partial charge in [-0.15, -0.1) is 0 Å². The van der Waals surface area contributed by atoms with E-state index in [1.165, 1.54) is 0 Å². The summed E-state index contributed by atoms with van der Waals surface area (Å²) in [5, 5.41) is 3.42. The molecule has 19 heavy (non-hydrogen) atoms. The third-order valence-electron chi connectivity index (χ3n) is 2.97. The predicted octanol–water partition coefficient (Wildman–Crippen LogP) is 3.29. The summed E-state index contributed by atoms with van der Waals surface area (Å²) >= 11 is 6.01. The van der Waals surface area contributed by atoms with Gasteiger partial charge in [-0.25, -0.2) is 0 Å². The standard InChI is InChI=1S/C15H15ClN2O/c1-10-12(16)8-5-9-13(10)18-15(19)14(17)11-6-3-2-4-7-11/h2-9,14H,17H2,1H3,(H,18,19). The SMILES string of the molecule is Cc1c(Cl)cccc1NC(=O)C(N)c1ccccc1. The van der Waals surface area contributed by atoms with Crippen molar-refractivity contribution in [1.82, 2.24) is 0 Å². The van der Waals surface area contributed by atoms with E-state index in [9.17, 15) is 4.79 Å². The molecule has 2 aromatic rings. The van der Waals surface area contributed by atoms with Crippen molar-refractivity contribution in [2.45, 2.75) is 13.0 Å². The van der Waals surface area contributed by atoms with Crippen LogP contribution in [0.25, 0.3) is 0 Å². The Kier molecular flexibility index (Phi) is 4.20. The smallest absolute Gasteiger partial charge is 0.245 e. The second kappa shape index (κ2) is 5.87. The van der Waals surface area contributed by atoms with Gasteiger partial charge < -0.3 is 11.1 Å². The number of amides is 1. The van der Waals surface area contributed by atoms with Gasteiger partial charge in [0.05, 0.1) is 0 Å². The van der Waals surface area contributed by atoms with E-state index in [0.717, 1.165) is 11.1 Å². The molecule has 4 heteroatoms. The van der Waals surface area contributed by atoms with Crippen molar-refractivity contribution in [3.63, 3.8) is 0 Å². The van der Waals surface area contributed by atoms with Crippen LogP contribution in [-0.4, -0.2) is 5.91 Å². The molecule has 0 saturated carbocycles. The van der Waals surface area contributed by atoms with Crippen LogP contribution in [0.2, 0.25) is 5.02 Å². The zero-order valence-corrected chi connectivity index (χ0v) is 11.3. The summed E-state index contributed by atoms with van der Waals surface area (Å²) in [6, 6.07) is 13.9. The number of carbonyl (C=O) groups is 1. The van der Waals surface area contributed by atoms with E-state index in [2.05, 4.69) is 5.32 Å². The van der Waals surface area contributed by atoms with Gasteiger partial charge in [0.15, 0.2) is 0 Å². The minimum absolute atomic E-state index is 0.253. The number of nitrogens with two attached hydrogens (primary N) is 1. The molecule has 0 aliphatic rings. The summed E-state index contributed by atoms with van der Waals surface area (Å²) in [4.78, 5) is 12.1. The van der Waals surface area contributed by atoms with Crippen molar-refractivity contribution in [1.29, 1.82) is 0 Å². The molecule has 3 N–H and O–H groups in total. The van der Waals surface area contributed by atoms with Crippen molar-refractivity contribution in [2.24, 2.45) is 5.73 Å². The molecule has 1 unspecified atom stereocenters. The summed E-state index contributed by atoms with van der Waals surface area (Å²) in [6.45, 7) is 1.85. The minimum atomic E-state index is -0.695. The van der Waals surface area contributed by atoms with Gasteiger partial charge in [0.2, 0.25) is 5.91 Å². The van der Waals surface area contributed by atoms with Crippen LogP contribution in [-0.2, 0) is 4.79 Å². The molecule has 0 fully saturated rings. The lowest BCUT2D eigenvalue weighted by Gasteiger charge is -2.14. The van der Waals surface area contributed by atoms with Gasteiger partial charge in [0, 0.05) is 10.7 Å². The molecule has 0 aromatic heterocycles. The van der Waals surface area contributed by atoms with Crippen LogP contribution in [0.1, 0.15) is 17.2 Å². The number of benzene rings is 2. The largest absolute Gasteiger partial charge is 0.324 e. The fourth-order valence-electron chi connectivity index (χ4n) is 1.77. The molecule has 0 aliphatic heterocycles. The monoisotopic (exact) mass is 274 g/mol. The number of nitrogens with one attached hydrogen (secondary N) is 1. The highest BCUT2D eigenvalue weighted by Crippen LogP contribution is 2.23. The summed E-state index contributed by atoms with van der Waals surface area (Å²) < 4.78 is 0. The minimum Gasteiger partial charge on any atom is -0.324 e. The molecule has 0 heterocycles. The Morgan fingerprint density at radius 3 is 2.53 bits per heavy atom. The fraction of sp³-hybridized carbons (Fsp3) is 0.133. The quantitative estimate of drug-likeness (QED) is 0.902. The molecule has 3 nitrogen and oxygen atoms in total. The lowest BCUT2D eigenvalue weighted by Crippen LogP contribution is -2.27. The molecule has 0 aliphatic carbocycles. The average molecular weight is 275 g/mol. The highest BCUT2D eigenvalue weighted by molar-refractivity contribution is 6.31. The maximum Gasteiger partial charge on any atom is 0.245 e. The Hall–Kier alpha value is -1.84. The summed E-state index contributed by atoms with van der Waals surface area (Å²) in [5.41, 5.74) is 8.22. The van der Waals surface area contributed by atoms with E-state index in [1.807, 2.05) is 37.3 Å². The highest BCUT2D eigenvalue weighted by atomic mass is 35.5. The number of anilines is 1. The number of hydrogen-bond acceptors (Lipinski definition) is 2. The molecule has 2 rings (SSSR count). The molecule has 2 aromatic carbocycles. The van der Waals surface area contributed by atoms with Crippen molar-refractivity contribution in [2.75, 3.05) is 5.32 Å². The van der Waals surface area contributed by atoms with Gasteiger partial charge in [-0.2, -0.15) is 0 Å². The second-order valence-electron chi connectivity index (χ2n) is 4.29. The first kappa shape index (κ1) is 13.6. The zero-order valence-electron chi connectivity index (χ0n) is 10.6. The molecule has 98 valence electrons. The van der Waals surface area contributed by atoms with E-state index in [1.54, 1.807) is 18.2 Å². The van der Waals surface area contributed by atoms with Crippen LogP contribution in [0.15, 0.2) is 48.5 Å². The molecule has 0 saturated heterocycles. The fourth-order valence-corrected chi connectivity index (χ4v) is 1.94. The number of halogens is 1. The first-order chi connectivity index (χ1) is 9.09. The Bertz CT molecular complexity index is 584. The second-order valence-corrected chi connectivity index (χ2v) is 4.70. The molecule has 1 atom stereocenters. The van der Waals surface area contributed by atoms with E-state index in [4.69, 9.17) is 17.3 Å². The topological polar surface area (TPSA) is 55.1 Å². The van der Waals surface area contributed by atoms with Gasteiger partial charge in [0.25, 0.3) is 0 Å². The number of hydrogen-bond donors (Lipinski definition) is 2. The van der Waals surface area contributed by atoms with Crippen molar-refractivity contribution >= 4 is 23.2 Å². The Labute approximate surface area is 117 Å². The molecule has 0 bridgehead atoms. The first-order valence-electron chi connectivity index (χ1n) is 5.96. The van der Waals surface area contributed by atoms with E-state index >= 15 is 0 Å². The number of rotatable bonds is 3. The van der Waals surface area contributed by atoms with Crippen LogP contribution in [0.5, 0.6) is 0 Å². The summed E-state index contributed by atoms with van der Waals surface area (Å²) in [5.74, 6) is -0.253. The van der Waals surface area contributed by atoms with E-state index in [-0.39, 0.29) is 5.91 Å². The molecule has 0 radical (unpaired) electrons. The third kappa shape index (κ3) is 3.13. The van der Waals surface area contributed by atoms with Gasteiger partial charge in [-0.3, -0.25) is 4.79 Å².